The van der Waals surface area contributed by atoms with E-state index in [0.29, 0.717) is 12.5 Å². The molecule has 2 N–H and O–H groups in total. The molecule has 0 aliphatic rings. The van der Waals surface area contributed by atoms with Gasteiger partial charge in [0.1, 0.15) is 6.54 Å². The van der Waals surface area contributed by atoms with Gasteiger partial charge in [0.25, 0.3) is 0 Å². The first-order chi connectivity index (χ1) is 10.5. The minimum Gasteiger partial charge on any atom is -0.357 e. The zero-order valence-electron chi connectivity index (χ0n) is 14.0. The summed E-state index contributed by atoms with van der Waals surface area (Å²) < 4.78 is 0. The molecule has 0 aliphatic heterocycles. The number of hydrogen-bond acceptors (Lipinski definition) is 3. The number of carbonyl (C=O) groups excluding carboxylic acids is 1. The number of guanidine groups is 1. The Morgan fingerprint density at radius 3 is 2.77 bits per heavy atom. The molecule has 0 aliphatic carbocycles. The van der Waals surface area contributed by atoms with Crippen LogP contribution in [0.3, 0.4) is 0 Å². The molecule has 0 atom stereocenters. The van der Waals surface area contributed by atoms with Crippen LogP contribution in [0.25, 0.3) is 0 Å². The lowest BCUT2D eigenvalue weighted by molar-refractivity contribution is -0.128. The lowest BCUT2D eigenvalue weighted by atomic mass is 10.2. The third kappa shape index (κ3) is 7.06. The van der Waals surface area contributed by atoms with Gasteiger partial charge in [-0.1, -0.05) is 6.07 Å². The summed E-state index contributed by atoms with van der Waals surface area (Å²) in [6.07, 6.45) is 2.51. The SMILES string of the molecule is CCNC(=NCC(=O)N(C)CCc1ccccn1)NC(C)C. The van der Waals surface area contributed by atoms with Crippen LogP contribution in [-0.4, -0.2) is 54.5 Å². The Labute approximate surface area is 133 Å². The standard InChI is InChI=1S/C16H27N5O/c1-5-17-16(20-13(2)3)19-12-15(22)21(4)11-9-14-8-6-7-10-18-14/h6-8,10,13H,5,9,11-12H2,1-4H3,(H2,17,19,20). The highest BCUT2D eigenvalue weighted by Crippen LogP contribution is 1.97. The van der Waals surface area contributed by atoms with E-state index in [1.165, 1.54) is 0 Å². The fraction of sp³-hybridized carbons (Fsp3) is 0.562. The van der Waals surface area contributed by atoms with E-state index < -0.39 is 0 Å². The number of rotatable bonds is 7. The number of hydrogen-bond donors (Lipinski definition) is 2. The quantitative estimate of drug-likeness (QED) is 0.583. The number of amides is 1. The number of pyridine rings is 1. The van der Waals surface area contributed by atoms with Crippen molar-refractivity contribution < 1.29 is 4.79 Å². The molecule has 1 rings (SSSR count). The topological polar surface area (TPSA) is 69.6 Å². The first-order valence-electron chi connectivity index (χ1n) is 7.71. The molecule has 0 saturated carbocycles. The molecule has 1 aromatic rings. The fourth-order valence-electron chi connectivity index (χ4n) is 1.81. The summed E-state index contributed by atoms with van der Waals surface area (Å²) >= 11 is 0. The highest BCUT2D eigenvalue weighted by molar-refractivity contribution is 5.84. The van der Waals surface area contributed by atoms with E-state index in [4.69, 9.17) is 0 Å². The number of nitrogens with one attached hydrogen (secondary N) is 2. The van der Waals surface area contributed by atoms with E-state index in [1.54, 1.807) is 18.1 Å². The van der Waals surface area contributed by atoms with Gasteiger partial charge in [-0.05, 0) is 32.9 Å². The average Bonchev–Trinajstić information content (AvgIpc) is 2.50. The molecule has 1 heterocycles. The van der Waals surface area contributed by atoms with Gasteiger partial charge in [-0.25, -0.2) is 4.99 Å². The largest absolute Gasteiger partial charge is 0.357 e. The van der Waals surface area contributed by atoms with Gasteiger partial charge in [0.15, 0.2) is 5.96 Å². The molecule has 122 valence electrons. The Morgan fingerprint density at radius 1 is 1.41 bits per heavy atom. The van der Waals surface area contributed by atoms with Gasteiger partial charge in [0.05, 0.1) is 0 Å². The predicted octanol–water partition coefficient (Wildman–Crippen LogP) is 1.05. The molecule has 0 unspecified atom stereocenters. The van der Waals surface area contributed by atoms with E-state index >= 15 is 0 Å². The van der Waals surface area contributed by atoms with Gasteiger partial charge in [-0.15, -0.1) is 0 Å². The molecule has 0 aromatic carbocycles. The lowest BCUT2D eigenvalue weighted by Gasteiger charge is -2.17. The van der Waals surface area contributed by atoms with Crippen molar-refractivity contribution in [3.8, 4) is 0 Å². The monoisotopic (exact) mass is 305 g/mol. The number of aromatic nitrogens is 1. The van der Waals surface area contributed by atoms with Gasteiger partial charge in [0.2, 0.25) is 5.91 Å². The summed E-state index contributed by atoms with van der Waals surface area (Å²) in [6.45, 7) is 7.61. The predicted molar refractivity (Wildman–Crippen MR) is 89.8 cm³/mol. The van der Waals surface area contributed by atoms with Crippen molar-refractivity contribution in [2.24, 2.45) is 4.99 Å². The normalized spacial score (nSPS) is 11.4. The number of likely N-dealkylation sites (N-methyl/N-ethyl adjacent to an activating group) is 1. The fourth-order valence-corrected chi connectivity index (χ4v) is 1.81. The number of carbonyl (C=O) groups is 1. The van der Waals surface area contributed by atoms with Gasteiger partial charge in [-0.3, -0.25) is 9.78 Å². The van der Waals surface area contributed by atoms with Crippen molar-refractivity contribution >= 4 is 11.9 Å². The second-order valence-corrected chi connectivity index (χ2v) is 5.38. The zero-order chi connectivity index (χ0) is 16.4. The summed E-state index contributed by atoms with van der Waals surface area (Å²) in [6, 6.07) is 6.08. The average molecular weight is 305 g/mol. The summed E-state index contributed by atoms with van der Waals surface area (Å²) in [7, 11) is 1.80. The zero-order valence-corrected chi connectivity index (χ0v) is 14.0. The molecule has 6 heteroatoms. The first-order valence-corrected chi connectivity index (χ1v) is 7.71. The van der Waals surface area contributed by atoms with E-state index in [-0.39, 0.29) is 18.5 Å². The van der Waals surface area contributed by atoms with E-state index in [0.717, 1.165) is 18.7 Å². The van der Waals surface area contributed by atoms with Crippen molar-refractivity contribution in [2.75, 3.05) is 26.7 Å². The van der Waals surface area contributed by atoms with Crippen molar-refractivity contribution in [3.05, 3.63) is 30.1 Å². The van der Waals surface area contributed by atoms with Crippen molar-refractivity contribution in [1.82, 2.24) is 20.5 Å². The Balaban J connectivity index is 2.45. The highest BCUT2D eigenvalue weighted by atomic mass is 16.2. The maximum atomic E-state index is 12.1. The van der Waals surface area contributed by atoms with Gasteiger partial charge >= 0.3 is 0 Å². The van der Waals surface area contributed by atoms with Crippen LogP contribution in [0, 0.1) is 0 Å². The second kappa shape index (κ2) is 9.76. The van der Waals surface area contributed by atoms with Crippen LogP contribution in [0.4, 0.5) is 0 Å². The summed E-state index contributed by atoms with van der Waals surface area (Å²) in [5.41, 5.74) is 0.987. The van der Waals surface area contributed by atoms with Crippen molar-refractivity contribution in [1.29, 1.82) is 0 Å². The molecule has 1 amide bonds. The minimum absolute atomic E-state index is 0.00288. The van der Waals surface area contributed by atoms with E-state index in [1.807, 2.05) is 39.0 Å². The Kier molecular flexibility index (Phi) is 7.96. The van der Waals surface area contributed by atoms with E-state index in [9.17, 15) is 4.79 Å². The number of aliphatic imine (C=N–C) groups is 1. The molecule has 22 heavy (non-hydrogen) atoms. The number of nitrogens with zero attached hydrogens (tertiary/aromatic N) is 3. The van der Waals surface area contributed by atoms with Gasteiger partial charge in [-0.2, -0.15) is 0 Å². The molecule has 0 saturated heterocycles. The first kappa shape index (κ1) is 17.9. The van der Waals surface area contributed by atoms with Crippen LogP contribution in [-0.2, 0) is 11.2 Å². The van der Waals surface area contributed by atoms with E-state index in [2.05, 4.69) is 20.6 Å². The highest BCUT2D eigenvalue weighted by Gasteiger charge is 2.09. The van der Waals surface area contributed by atoms with Crippen LogP contribution in [0.5, 0.6) is 0 Å². The molecular weight excluding hydrogens is 278 g/mol. The molecular formula is C16H27N5O. The Morgan fingerprint density at radius 2 is 2.18 bits per heavy atom. The smallest absolute Gasteiger partial charge is 0.244 e. The molecule has 0 spiro atoms. The maximum Gasteiger partial charge on any atom is 0.244 e. The van der Waals surface area contributed by atoms with Crippen LogP contribution in [0.15, 0.2) is 29.4 Å². The molecule has 1 aromatic heterocycles. The summed E-state index contributed by atoms with van der Waals surface area (Å²) in [4.78, 5) is 22.4. The summed E-state index contributed by atoms with van der Waals surface area (Å²) in [5, 5.41) is 6.32. The molecule has 0 radical (unpaired) electrons. The van der Waals surface area contributed by atoms with Crippen LogP contribution < -0.4 is 10.6 Å². The van der Waals surface area contributed by atoms with Crippen LogP contribution >= 0.6 is 0 Å². The lowest BCUT2D eigenvalue weighted by Crippen LogP contribution is -2.42. The van der Waals surface area contributed by atoms with Gasteiger partial charge < -0.3 is 15.5 Å². The molecule has 6 nitrogen and oxygen atoms in total. The second-order valence-electron chi connectivity index (χ2n) is 5.38. The third-order valence-corrected chi connectivity index (χ3v) is 3.00. The van der Waals surface area contributed by atoms with Crippen LogP contribution in [0.1, 0.15) is 26.5 Å². The maximum absolute atomic E-state index is 12.1. The van der Waals surface area contributed by atoms with Crippen molar-refractivity contribution in [3.63, 3.8) is 0 Å². The molecule has 0 fully saturated rings. The molecule has 0 bridgehead atoms. The Bertz CT molecular complexity index is 473. The Hall–Kier alpha value is -2.11. The third-order valence-electron chi connectivity index (χ3n) is 3.00. The van der Waals surface area contributed by atoms with Gasteiger partial charge in [0, 0.05) is 44.5 Å². The summed E-state index contributed by atoms with van der Waals surface area (Å²) in [5.74, 6) is 0.667. The van der Waals surface area contributed by atoms with Crippen molar-refractivity contribution in [2.45, 2.75) is 33.2 Å². The minimum atomic E-state index is -0.00288. The van der Waals surface area contributed by atoms with Crippen LogP contribution in [0.2, 0.25) is 0 Å².